The van der Waals surface area contributed by atoms with Crippen molar-refractivity contribution in [1.82, 2.24) is 4.68 Å². The van der Waals surface area contributed by atoms with Gasteiger partial charge in [0.2, 0.25) is 0 Å². The number of hydrogen-bond donors (Lipinski definition) is 1. The molecule has 2 aromatic rings. The molecule has 1 aromatic carbocycles. The molecular formula is C12H11Cl2N2O2+. The Morgan fingerprint density at radius 3 is 2.22 bits per heavy atom. The molecule has 4 nitrogen and oxygen atoms in total. The molecule has 1 aromatic heterocycles. The Hall–Kier alpha value is -1.52. The van der Waals surface area contributed by atoms with Crippen LogP contribution < -0.4 is 4.68 Å². The Morgan fingerprint density at radius 2 is 1.78 bits per heavy atom. The number of aromatic carboxylic acids is 1. The van der Waals surface area contributed by atoms with Crippen molar-refractivity contribution in [1.29, 1.82) is 0 Å². The van der Waals surface area contributed by atoms with Crippen LogP contribution in [-0.2, 0) is 7.05 Å². The van der Waals surface area contributed by atoms with Crippen LogP contribution in [0.4, 0.5) is 0 Å². The number of carboxylic acids is 1. The first kappa shape index (κ1) is 12.9. The van der Waals surface area contributed by atoms with Gasteiger partial charge in [0.1, 0.15) is 5.69 Å². The normalized spacial score (nSPS) is 10.7. The van der Waals surface area contributed by atoms with Gasteiger partial charge in [-0.15, -0.1) is 4.68 Å². The van der Waals surface area contributed by atoms with E-state index in [0.717, 1.165) is 11.4 Å². The highest BCUT2D eigenvalue weighted by atomic mass is 35.5. The van der Waals surface area contributed by atoms with Crippen molar-refractivity contribution in [3.8, 4) is 5.69 Å². The fourth-order valence-corrected chi connectivity index (χ4v) is 2.45. The summed E-state index contributed by atoms with van der Waals surface area (Å²) < 4.78 is 3.28. The molecule has 0 spiro atoms. The maximum Gasteiger partial charge on any atom is 0.403 e. The second kappa shape index (κ2) is 4.63. The van der Waals surface area contributed by atoms with E-state index in [2.05, 4.69) is 0 Å². The molecule has 0 saturated heterocycles. The molecule has 6 heteroatoms. The number of carbonyl (C=O) groups is 1. The lowest BCUT2D eigenvalue weighted by atomic mass is 10.3. The standard InChI is InChI=1S/C12H10Cl2N2O2/c1-7-3-11(12(17)18)15(2)16(7)10-5-8(13)4-9(14)6-10/h3-6H,1-2H3/p+1. The van der Waals surface area contributed by atoms with Crippen LogP contribution >= 0.6 is 23.2 Å². The predicted octanol–water partition coefficient (Wildman–Crippen LogP) is 2.62. The van der Waals surface area contributed by atoms with E-state index in [0.29, 0.717) is 10.0 Å². The number of rotatable bonds is 2. The van der Waals surface area contributed by atoms with Gasteiger partial charge in [0, 0.05) is 16.1 Å². The second-order valence-electron chi connectivity index (χ2n) is 3.94. The molecule has 0 fully saturated rings. The molecular weight excluding hydrogens is 275 g/mol. The van der Waals surface area contributed by atoms with Crippen molar-refractivity contribution in [2.45, 2.75) is 6.92 Å². The van der Waals surface area contributed by atoms with Gasteiger partial charge in [0.15, 0.2) is 7.05 Å². The van der Waals surface area contributed by atoms with Gasteiger partial charge in [0.05, 0.1) is 5.69 Å². The molecule has 0 aliphatic carbocycles. The minimum Gasteiger partial charge on any atom is -0.473 e. The first-order valence-corrected chi connectivity index (χ1v) is 5.94. The molecule has 0 unspecified atom stereocenters. The molecule has 1 N–H and O–H groups in total. The zero-order valence-electron chi connectivity index (χ0n) is 9.82. The van der Waals surface area contributed by atoms with E-state index < -0.39 is 5.97 Å². The summed E-state index contributed by atoms with van der Waals surface area (Å²) in [6.07, 6.45) is 0. The lowest BCUT2D eigenvalue weighted by molar-refractivity contribution is -0.746. The van der Waals surface area contributed by atoms with Crippen molar-refractivity contribution in [3.05, 3.63) is 45.7 Å². The number of aryl methyl sites for hydroxylation is 1. The highest BCUT2D eigenvalue weighted by molar-refractivity contribution is 6.34. The highest BCUT2D eigenvalue weighted by Crippen LogP contribution is 2.22. The average molecular weight is 286 g/mol. The lowest BCUT2D eigenvalue weighted by Gasteiger charge is -2.04. The Bertz CT molecular complexity index is 615. The topological polar surface area (TPSA) is 46.1 Å². The molecule has 0 aliphatic heterocycles. The second-order valence-corrected chi connectivity index (χ2v) is 4.81. The van der Waals surface area contributed by atoms with Crippen LogP contribution in [0.15, 0.2) is 24.3 Å². The number of hydrogen-bond acceptors (Lipinski definition) is 1. The summed E-state index contributed by atoms with van der Waals surface area (Å²) in [5.74, 6) is -0.979. The van der Waals surface area contributed by atoms with Crippen molar-refractivity contribution >= 4 is 29.2 Å². The van der Waals surface area contributed by atoms with Gasteiger partial charge in [-0.05, 0) is 25.1 Å². The molecule has 0 aliphatic rings. The van der Waals surface area contributed by atoms with E-state index in [9.17, 15) is 4.79 Å². The summed E-state index contributed by atoms with van der Waals surface area (Å²) in [5, 5.41) is 10.1. The van der Waals surface area contributed by atoms with Crippen LogP contribution in [0, 0.1) is 6.92 Å². The van der Waals surface area contributed by atoms with Crippen LogP contribution in [0.5, 0.6) is 0 Å². The summed E-state index contributed by atoms with van der Waals surface area (Å²) in [4.78, 5) is 11.1. The van der Waals surface area contributed by atoms with E-state index in [-0.39, 0.29) is 5.69 Å². The summed E-state index contributed by atoms with van der Waals surface area (Å²) >= 11 is 11.9. The van der Waals surface area contributed by atoms with Gasteiger partial charge in [0.25, 0.3) is 0 Å². The largest absolute Gasteiger partial charge is 0.473 e. The fraction of sp³-hybridized carbons (Fsp3) is 0.167. The monoisotopic (exact) mass is 285 g/mol. The maximum absolute atomic E-state index is 11.1. The van der Waals surface area contributed by atoms with Crippen molar-refractivity contribution in [2.24, 2.45) is 7.05 Å². The van der Waals surface area contributed by atoms with E-state index in [1.54, 1.807) is 40.7 Å². The average Bonchev–Trinajstić information content (AvgIpc) is 2.52. The first-order valence-electron chi connectivity index (χ1n) is 5.18. The maximum atomic E-state index is 11.1. The van der Waals surface area contributed by atoms with Gasteiger partial charge in [-0.3, -0.25) is 0 Å². The number of aromatic nitrogens is 2. The van der Waals surface area contributed by atoms with Crippen LogP contribution in [0.1, 0.15) is 16.2 Å². The minimum absolute atomic E-state index is 0.198. The van der Waals surface area contributed by atoms with E-state index in [1.165, 1.54) is 0 Å². The van der Waals surface area contributed by atoms with Crippen LogP contribution in [0.3, 0.4) is 0 Å². The van der Waals surface area contributed by atoms with E-state index in [1.807, 2.05) is 6.92 Å². The Morgan fingerprint density at radius 1 is 1.22 bits per heavy atom. The van der Waals surface area contributed by atoms with Crippen molar-refractivity contribution in [2.75, 3.05) is 0 Å². The third-order valence-corrected chi connectivity index (χ3v) is 3.08. The van der Waals surface area contributed by atoms with Crippen LogP contribution in [-0.4, -0.2) is 15.8 Å². The molecule has 94 valence electrons. The fourth-order valence-electron chi connectivity index (χ4n) is 1.94. The van der Waals surface area contributed by atoms with Crippen molar-refractivity contribution in [3.63, 3.8) is 0 Å². The van der Waals surface area contributed by atoms with Crippen molar-refractivity contribution < 1.29 is 14.6 Å². The van der Waals surface area contributed by atoms with Gasteiger partial charge in [-0.2, -0.15) is 0 Å². The number of benzene rings is 1. The Labute approximate surface area is 114 Å². The van der Waals surface area contributed by atoms with E-state index in [4.69, 9.17) is 28.3 Å². The smallest absolute Gasteiger partial charge is 0.403 e. The number of nitrogens with zero attached hydrogens (tertiary/aromatic N) is 2. The SMILES string of the molecule is Cc1cc(C(=O)O)[n+](C)n1-c1cc(Cl)cc(Cl)c1. The molecule has 1 heterocycles. The van der Waals surface area contributed by atoms with Gasteiger partial charge < -0.3 is 5.11 Å². The number of halogens is 2. The van der Waals surface area contributed by atoms with Gasteiger partial charge in [-0.1, -0.05) is 27.9 Å². The summed E-state index contributed by atoms with van der Waals surface area (Å²) in [5.41, 5.74) is 1.71. The van der Waals surface area contributed by atoms with Crippen LogP contribution in [0.2, 0.25) is 10.0 Å². The molecule has 2 rings (SSSR count). The predicted molar refractivity (Wildman–Crippen MR) is 68.7 cm³/mol. The highest BCUT2D eigenvalue weighted by Gasteiger charge is 2.24. The molecule has 0 amide bonds. The van der Waals surface area contributed by atoms with Crippen LogP contribution in [0.25, 0.3) is 5.69 Å². The summed E-state index contributed by atoms with van der Waals surface area (Å²) in [6.45, 7) is 1.82. The van der Waals surface area contributed by atoms with Gasteiger partial charge >= 0.3 is 11.7 Å². The Balaban J connectivity index is 2.67. The Kier molecular flexibility index (Phi) is 3.32. The molecule has 0 saturated carbocycles. The lowest BCUT2D eigenvalue weighted by Crippen LogP contribution is -2.43. The number of carboxylic acid groups (broad SMARTS) is 1. The molecule has 18 heavy (non-hydrogen) atoms. The summed E-state index contributed by atoms with van der Waals surface area (Å²) in [7, 11) is 1.67. The quantitative estimate of drug-likeness (QED) is 0.863. The zero-order chi connectivity index (χ0) is 13.4. The van der Waals surface area contributed by atoms with Gasteiger partial charge in [-0.25, -0.2) is 4.79 Å². The zero-order valence-corrected chi connectivity index (χ0v) is 11.3. The third kappa shape index (κ3) is 2.21. The first-order chi connectivity index (χ1) is 8.40. The molecule has 0 bridgehead atoms. The summed E-state index contributed by atoms with van der Waals surface area (Å²) in [6, 6.07) is 6.68. The molecule has 0 radical (unpaired) electrons. The third-order valence-electron chi connectivity index (χ3n) is 2.64. The van der Waals surface area contributed by atoms with E-state index >= 15 is 0 Å². The molecule has 0 atom stereocenters. The minimum atomic E-state index is -0.979.